The van der Waals surface area contributed by atoms with Crippen molar-refractivity contribution in [1.29, 1.82) is 5.26 Å². The number of pyridine rings is 1. The summed E-state index contributed by atoms with van der Waals surface area (Å²) in [7, 11) is 0. The number of hydrogen-bond acceptors (Lipinski definition) is 5. The molecule has 106 valence electrons. The molecule has 6 nitrogen and oxygen atoms in total. The number of rotatable bonds is 4. The lowest BCUT2D eigenvalue weighted by Gasteiger charge is -2.08. The average Bonchev–Trinajstić information content (AvgIpc) is 2.47. The van der Waals surface area contributed by atoms with Gasteiger partial charge in [-0.25, -0.2) is 9.37 Å². The first-order valence-corrected chi connectivity index (χ1v) is 6.53. The summed E-state index contributed by atoms with van der Waals surface area (Å²) in [5.74, 6) is -0.446. The first kappa shape index (κ1) is 14.9. The van der Waals surface area contributed by atoms with Crippen molar-refractivity contribution in [2.24, 2.45) is 0 Å². The largest absolute Gasteiger partial charge is 0.360 e. The molecule has 2 aromatic rings. The zero-order valence-electron chi connectivity index (χ0n) is 10.5. The molecule has 0 amide bonds. The van der Waals surface area contributed by atoms with Crippen molar-refractivity contribution < 1.29 is 9.31 Å². The molecule has 0 saturated heterocycles. The van der Waals surface area contributed by atoms with Crippen molar-refractivity contribution in [2.45, 2.75) is 6.54 Å². The van der Waals surface area contributed by atoms with Crippen LogP contribution in [0, 0.1) is 27.3 Å². The molecule has 0 spiro atoms. The van der Waals surface area contributed by atoms with Crippen molar-refractivity contribution in [3.63, 3.8) is 0 Å². The van der Waals surface area contributed by atoms with E-state index in [1.165, 1.54) is 24.4 Å². The van der Waals surface area contributed by atoms with Crippen LogP contribution < -0.4 is 5.32 Å². The molecular weight excluding hydrogens is 343 g/mol. The van der Waals surface area contributed by atoms with E-state index in [2.05, 4.69) is 26.2 Å². The molecule has 0 unspecified atom stereocenters. The van der Waals surface area contributed by atoms with Gasteiger partial charge < -0.3 is 5.32 Å². The molecule has 1 N–H and O–H groups in total. The van der Waals surface area contributed by atoms with E-state index in [4.69, 9.17) is 5.26 Å². The fourth-order valence-electron chi connectivity index (χ4n) is 1.72. The number of nitrogens with zero attached hydrogens (tertiary/aromatic N) is 3. The number of hydrogen-bond donors (Lipinski definition) is 1. The number of anilines is 1. The third kappa shape index (κ3) is 3.32. The van der Waals surface area contributed by atoms with Crippen LogP contribution in [0.1, 0.15) is 11.1 Å². The standard InChI is InChI=1S/C13H8BrFN4O2/c14-11-2-1-10(15)5-9(11)7-18-13-12(19(20)21)8(6-16)3-4-17-13/h1-5H,7H2,(H,17,18). The number of nitrogens with one attached hydrogen (secondary N) is 1. The van der Waals surface area contributed by atoms with Gasteiger partial charge >= 0.3 is 5.69 Å². The van der Waals surface area contributed by atoms with E-state index in [1.54, 1.807) is 12.1 Å². The summed E-state index contributed by atoms with van der Waals surface area (Å²) in [4.78, 5) is 14.2. The summed E-state index contributed by atoms with van der Waals surface area (Å²) < 4.78 is 13.8. The second kappa shape index (κ2) is 6.28. The SMILES string of the molecule is N#Cc1ccnc(NCc2cc(F)ccc2Br)c1[N+](=O)[O-]. The van der Waals surface area contributed by atoms with Crippen LogP contribution in [-0.4, -0.2) is 9.91 Å². The van der Waals surface area contributed by atoms with Crippen molar-refractivity contribution in [3.05, 3.63) is 62.0 Å². The molecule has 1 aromatic heterocycles. The topological polar surface area (TPSA) is 91.8 Å². The predicted molar refractivity (Wildman–Crippen MR) is 77.0 cm³/mol. The lowest BCUT2D eigenvalue weighted by molar-refractivity contribution is -0.384. The lowest BCUT2D eigenvalue weighted by Crippen LogP contribution is -2.06. The Morgan fingerprint density at radius 2 is 2.24 bits per heavy atom. The first-order chi connectivity index (χ1) is 10.0. The highest BCUT2D eigenvalue weighted by Gasteiger charge is 2.21. The molecule has 8 heteroatoms. The molecule has 0 saturated carbocycles. The van der Waals surface area contributed by atoms with Gasteiger partial charge in [0.2, 0.25) is 5.82 Å². The Hall–Kier alpha value is -2.53. The molecule has 0 aliphatic rings. The highest BCUT2D eigenvalue weighted by molar-refractivity contribution is 9.10. The molecule has 1 heterocycles. The molecular formula is C13H8BrFN4O2. The highest BCUT2D eigenvalue weighted by atomic mass is 79.9. The van der Waals surface area contributed by atoms with E-state index in [1.807, 2.05) is 0 Å². The fraction of sp³-hybridized carbons (Fsp3) is 0.0769. The quantitative estimate of drug-likeness (QED) is 0.674. The molecule has 0 atom stereocenters. The first-order valence-electron chi connectivity index (χ1n) is 5.74. The third-order valence-electron chi connectivity index (χ3n) is 2.68. The predicted octanol–water partition coefficient (Wildman–Crippen LogP) is 3.38. The monoisotopic (exact) mass is 350 g/mol. The van der Waals surface area contributed by atoms with Gasteiger partial charge in [0.15, 0.2) is 0 Å². The molecule has 0 aliphatic carbocycles. The van der Waals surface area contributed by atoms with Gasteiger partial charge in [-0.05, 0) is 29.8 Å². The molecule has 0 fully saturated rings. The van der Waals surface area contributed by atoms with Crippen LogP contribution in [0.4, 0.5) is 15.9 Å². The van der Waals surface area contributed by atoms with Crippen LogP contribution >= 0.6 is 15.9 Å². The molecule has 2 rings (SSSR count). The summed E-state index contributed by atoms with van der Waals surface area (Å²) in [6.07, 6.45) is 1.30. The zero-order valence-corrected chi connectivity index (χ0v) is 12.1. The van der Waals surface area contributed by atoms with Gasteiger partial charge in [-0.15, -0.1) is 0 Å². The van der Waals surface area contributed by atoms with E-state index in [9.17, 15) is 14.5 Å². The maximum Gasteiger partial charge on any atom is 0.328 e. The minimum Gasteiger partial charge on any atom is -0.360 e. The summed E-state index contributed by atoms with van der Waals surface area (Å²) in [5, 5.41) is 22.7. The highest BCUT2D eigenvalue weighted by Crippen LogP contribution is 2.27. The maximum atomic E-state index is 13.2. The molecule has 1 aromatic carbocycles. The lowest BCUT2D eigenvalue weighted by atomic mass is 10.2. The normalized spacial score (nSPS) is 9.95. The number of aromatic nitrogens is 1. The van der Waals surface area contributed by atoms with Crippen LogP contribution in [0.3, 0.4) is 0 Å². The van der Waals surface area contributed by atoms with E-state index in [-0.39, 0.29) is 17.9 Å². The summed E-state index contributed by atoms with van der Waals surface area (Å²) >= 11 is 3.27. The van der Waals surface area contributed by atoms with Crippen molar-refractivity contribution >= 4 is 27.4 Å². The van der Waals surface area contributed by atoms with Gasteiger partial charge in [-0.3, -0.25) is 10.1 Å². The van der Waals surface area contributed by atoms with Gasteiger partial charge in [-0.2, -0.15) is 5.26 Å². The van der Waals surface area contributed by atoms with E-state index < -0.39 is 16.4 Å². The Labute approximate surface area is 127 Å². The molecule has 0 radical (unpaired) electrons. The van der Waals surface area contributed by atoms with Gasteiger partial charge in [0.25, 0.3) is 0 Å². The van der Waals surface area contributed by atoms with E-state index in [0.29, 0.717) is 10.0 Å². The molecule has 0 aliphatic heterocycles. The average molecular weight is 351 g/mol. The van der Waals surface area contributed by atoms with Crippen LogP contribution in [0.2, 0.25) is 0 Å². The summed E-state index contributed by atoms with van der Waals surface area (Å²) in [5.41, 5.74) is 0.0943. The summed E-state index contributed by atoms with van der Waals surface area (Å²) in [6.45, 7) is 0.126. The molecule has 21 heavy (non-hydrogen) atoms. The number of nitro groups is 1. The Kier molecular flexibility index (Phi) is 4.45. The van der Waals surface area contributed by atoms with Crippen LogP contribution in [0.15, 0.2) is 34.9 Å². The second-order valence-corrected chi connectivity index (χ2v) is 4.87. The minimum atomic E-state index is -0.672. The Morgan fingerprint density at radius 1 is 1.48 bits per heavy atom. The maximum absolute atomic E-state index is 13.2. The fourth-order valence-corrected chi connectivity index (χ4v) is 2.10. The number of halogens is 2. The van der Waals surface area contributed by atoms with Crippen LogP contribution in [0.25, 0.3) is 0 Å². The van der Waals surface area contributed by atoms with E-state index >= 15 is 0 Å². The van der Waals surface area contributed by atoms with Crippen LogP contribution in [-0.2, 0) is 6.54 Å². The van der Waals surface area contributed by atoms with Crippen LogP contribution in [0.5, 0.6) is 0 Å². The van der Waals surface area contributed by atoms with Crippen molar-refractivity contribution in [3.8, 4) is 6.07 Å². The Bertz CT molecular complexity index is 745. The minimum absolute atomic E-state index is 0.0322. The van der Waals surface area contributed by atoms with Crippen molar-refractivity contribution in [2.75, 3.05) is 5.32 Å². The van der Waals surface area contributed by atoms with Gasteiger partial charge in [0, 0.05) is 17.2 Å². The second-order valence-electron chi connectivity index (χ2n) is 4.01. The van der Waals surface area contributed by atoms with Gasteiger partial charge in [0.1, 0.15) is 17.4 Å². The number of nitriles is 1. The molecule has 0 bridgehead atoms. The Balaban J connectivity index is 2.31. The smallest absolute Gasteiger partial charge is 0.328 e. The summed E-state index contributed by atoms with van der Waals surface area (Å²) in [6, 6.07) is 7.15. The third-order valence-corrected chi connectivity index (χ3v) is 3.45. The Morgan fingerprint density at radius 3 is 2.90 bits per heavy atom. The van der Waals surface area contributed by atoms with E-state index in [0.717, 1.165) is 0 Å². The van der Waals surface area contributed by atoms with Crippen molar-refractivity contribution in [1.82, 2.24) is 4.98 Å². The number of benzene rings is 1. The zero-order chi connectivity index (χ0) is 15.4. The van der Waals surface area contributed by atoms with Gasteiger partial charge in [-0.1, -0.05) is 15.9 Å². The van der Waals surface area contributed by atoms with Gasteiger partial charge in [0.05, 0.1) is 4.92 Å².